The summed E-state index contributed by atoms with van der Waals surface area (Å²) in [6, 6.07) is 10.4. The van der Waals surface area contributed by atoms with Crippen LogP contribution >= 0.6 is 22.9 Å². The van der Waals surface area contributed by atoms with E-state index in [0.29, 0.717) is 5.28 Å². The number of fused-ring (bicyclic) bond motifs is 2. The molecule has 0 bridgehead atoms. The van der Waals surface area contributed by atoms with Crippen LogP contribution in [-0.4, -0.2) is 30.1 Å². The quantitative estimate of drug-likeness (QED) is 0.637. The van der Waals surface area contributed by atoms with Crippen LogP contribution in [-0.2, 0) is 0 Å². The van der Waals surface area contributed by atoms with Crippen molar-refractivity contribution in [3.05, 3.63) is 41.0 Å². The molecule has 3 heterocycles. The maximum absolute atomic E-state index is 6.10. The second-order valence-electron chi connectivity index (χ2n) is 5.02. The Kier molecular flexibility index (Phi) is 2.97. The highest BCUT2D eigenvalue weighted by atomic mass is 35.5. The largest absolute Gasteiger partial charge is 0.371 e. The zero-order valence-electron chi connectivity index (χ0n) is 11.5. The summed E-state index contributed by atoms with van der Waals surface area (Å²) in [5.41, 5.74) is 2.37. The molecule has 0 atom stereocenters. The van der Waals surface area contributed by atoms with E-state index in [4.69, 9.17) is 11.6 Å². The van der Waals surface area contributed by atoms with Crippen LogP contribution < -0.4 is 9.80 Å². The Morgan fingerprint density at radius 2 is 1.90 bits per heavy atom. The molecule has 0 saturated heterocycles. The lowest BCUT2D eigenvalue weighted by Gasteiger charge is -2.36. The van der Waals surface area contributed by atoms with Crippen molar-refractivity contribution >= 4 is 50.3 Å². The van der Waals surface area contributed by atoms with E-state index in [2.05, 4.69) is 57.1 Å². The van der Waals surface area contributed by atoms with Gasteiger partial charge in [-0.25, -0.2) is 4.98 Å². The minimum atomic E-state index is 0.302. The molecule has 106 valence electrons. The molecule has 0 amide bonds. The number of nitrogens with zero attached hydrogens (tertiary/aromatic N) is 4. The normalized spacial score (nSPS) is 14.6. The molecule has 0 radical (unpaired) electrons. The number of aromatic nitrogens is 2. The summed E-state index contributed by atoms with van der Waals surface area (Å²) in [6.07, 6.45) is 0. The van der Waals surface area contributed by atoms with E-state index in [1.807, 2.05) is 5.38 Å². The minimum Gasteiger partial charge on any atom is -0.371 e. The Hall–Kier alpha value is -1.85. The third-order valence-electron chi connectivity index (χ3n) is 3.78. The molecule has 6 heteroatoms. The van der Waals surface area contributed by atoms with Gasteiger partial charge in [-0.3, -0.25) is 0 Å². The molecule has 4 rings (SSSR count). The van der Waals surface area contributed by atoms with Crippen molar-refractivity contribution in [2.75, 3.05) is 29.9 Å². The van der Waals surface area contributed by atoms with E-state index in [9.17, 15) is 0 Å². The molecule has 0 saturated carbocycles. The highest BCUT2D eigenvalue weighted by Crippen LogP contribution is 2.39. The second-order valence-corrected chi connectivity index (χ2v) is 6.25. The van der Waals surface area contributed by atoms with E-state index in [0.717, 1.165) is 34.8 Å². The van der Waals surface area contributed by atoms with Crippen molar-refractivity contribution in [2.45, 2.75) is 0 Å². The first-order valence-electron chi connectivity index (χ1n) is 6.72. The van der Waals surface area contributed by atoms with Gasteiger partial charge in [0.1, 0.15) is 10.6 Å². The van der Waals surface area contributed by atoms with Crippen molar-refractivity contribution < 1.29 is 0 Å². The van der Waals surface area contributed by atoms with Gasteiger partial charge in [0.15, 0.2) is 0 Å². The monoisotopic (exact) mass is 316 g/mol. The predicted molar refractivity (Wildman–Crippen MR) is 89.1 cm³/mol. The number of para-hydroxylation sites is 2. The molecule has 4 nitrogen and oxygen atoms in total. The Balaban J connectivity index is 1.94. The van der Waals surface area contributed by atoms with E-state index >= 15 is 0 Å². The van der Waals surface area contributed by atoms with Crippen molar-refractivity contribution in [1.82, 2.24) is 9.97 Å². The Bertz CT molecular complexity index is 816. The minimum absolute atomic E-state index is 0.302. The van der Waals surface area contributed by atoms with Gasteiger partial charge >= 0.3 is 0 Å². The Morgan fingerprint density at radius 3 is 2.76 bits per heavy atom. The molecule has 0 unspecified atom stereocenters. The van der Waals surface area contributed by atoms with E-state index < -0.39 is 0 Å². The number of rotatable bonds is 1. The fourth-order valence-electron chi connectivity index (χ4n) is 2.75. The van der Waals surface area contributed by atoms with Crippen LogP contribution in [0.25, 0.3) is 10.2 Å². The zero-order chi connectivity index (χ0) is 14.4. The summed E-state index contributed by atoms with van der Waals surface area (Å²) in [7, 11) is 2.11. The van der Waals surface area contributed by atoms with Gasteiger partial charge in [0.2, 0.25) is 5.28 Å². The molecule has 1 aliphatic rings. The molecule has 0 N–H and O–H groups in total. The number of hydrogen-bond donors (Lipinski definition) is 0. The lowest BCUT2D eigenvalue weighted by atomic mass is 10.1. The van der Waals surface area contributed by atoms with Gasteiger partial charge < -0.3 is 9.80 Å². The first kappa shape index (κ1) is 12.9. The van der Waals surface area contributed by atoms with Gasteiger partial charge in [0.25, 0.3) is 0 Å². The fourth-order valence-corrected chi connectivity index (χ4v) is 3.72. The lowest BCUT2D eigenvalue weighted by molar-refractivity contribution is 0.815. The van der Waals surface area contributed by atoms with E-state index in [1.54, 1.807) is 11.3 Å². The standard InChI is InChI=1S/C15H13ClN4S/c1-19-7-8-20(12-5-3-2-4-11(12)19)13-10-6-9-21-14(10)18-15(16)17-13/h2-6,9H,7-8H2,1H3. The molecule has 0 fully saturated rings. The smallest absolute Gasteiger partial charge is 0.225 e. The second kappa shape index (κ2) is 4.86. The van der Waals surface area contributed by atoms with E-state index in [1.165, 1.54) is 5.69 Å². The molecule has 3 aromatic rings. The maximum atomic E-state index is 6.10. The number of halogens is 1. The Morgan fingerprint density at radius 1 is 1.10 bits per heavy atom. The van der Waals surface area contributed by atoms with E-state index in [-0.39, 0.29) is 0 Å². The van der Waals surface area contributed by atoms with Crippen molar-refractivity contribution in [2.24, 2.45) is 0 Å². The summed E-state index contributed by atoms with van der Waals surface area (Å²) >= 11 is 7.69. The molecular weight excluding hydrogens is 304 g/mol. The molecule has 0 aliphatic carbocycles. The number of benzene rings is 1. The SMILES string of the molecule is CN1CCN(c2nc(Cl)nc3sccc23)c2ccccc21. The molecule has 21 heavy (non-hydrogen) atoms. The van der Waals surface area contributed by atoms with Gasteiger partial charge in [-0.2, -0.15) is 4.98 Å². The number of anilines is 3. The van der Waals surface area contributed by atoms with Gasteiger partial charge in [-0.15, -0.1) is 11.3 Å². The summed E-state index contributed by atoms with van der Waals surface area (Å²) in [5.74, 6) is 0.895. The zero-order valence-corrected chi connectivity index (χ0v) is 13.0. The molecular formula is C15H13ClN4S. The van der Waals surface area contributed by atoms with Gasteiger partial charge in [0, 0.05) is 20.1 Å². The molecule has 0 spiro atoms. The van der Waals surface area contributed by atoms with Gasteiger partial charge in [-0.1, -0.05) is 12.1 Å². The Labute approximate surface area is 131 Å². The summed E-state index contributed by atoms with van der Waals surface area (Å²) in [4.78, 5) is 14.2. The fraction of sp³-hybridized carbons (Fsp3) is 0.200. The van der Waals surface area contributed by atoms with Crippen LogP contribution in [0.5, 0.6) is 0 Å². The van der Waals surface area contributed by atoms with Gasteiger partial charge in [-0.05, 0) is 35.2 Å². The van der Waals surface area contributed by atoms with Crippen LogP contribution in [0.15, 0.2) is 35.7 Å². The van der Waals surface area contributed by atoms with Crippen LogP contribution in [0.4, 0.5) is 17.2 Å². The van der Waals surface area contributed by atoms with Crippen molar-refractivity contribution in [3.63, 3.8) is 0 Å². The van der Waals surface area contributed by atoms with Crippen LogP contribution in [0, 0.1) is 0 Å². The maximum Gasteiger partial charge on any atom is 0.225 e. The van der Waals surface area contributed by atoms with Crippen LogP contribution in [0.3, 0.4) is 0 Å². The summed E-state index contributed by atoms with van der Waals surface area (Å²) in [6.45, 7) is 1.83. The number of likely N-dealkylation sites (N-methyl/N-ethyl adjacent to an activating group) is 1. The average Bonchev–Trinajstić information content (AvgIpc) is 2.95. The van der Waals surface area contributed by atoms with Crippen LogP contribution in [0.2, 0.25) is 5.28 Å². The first-order chi connectivity index (χ1) is 10.2. The molecule has 1 aromatic carbocycles. The summed E-state index contributed by atoms with van der Waals surface area (Å²) in [5, 5.41) is 3.39. The molecule has 2 aromatic heterocycles. The van der Waals surface area contributed by atoms with Crippen molar-refractivity contribution in [3.8, 4) is 0 Å². The van der Waals surface area contributed by atoms with Gasteiger partial charge in [0.05, 0.1) is 16.8 Å². The third-order valence-corrected chi connectivity index (χ3v) is 4.75. The lowest BCUT2D eigenvalue weighted by Crippen LogP contribution is -2.36. The van der Waals surface area contributed by atoms with Crippen molar-refractivity contribution in [1.29, 1.82) is 0 Å². The molecule has 1 aliphatic heterocycles. The highest BCUT2D eigenvalue weighted by Gasteiger charge is 2.24. The number of thiophene rings is 1. The highest BCUT2D eigenvalue weighted by molar-refractivity contribution is 7.16. The topological polar surface area (TPSA) is 32.3 Å². The number of hydrogen-bond acceptors (Lipinski definition) is 5. The predicted octanol–water partition coefficient (Wildman–Crippen LogP) is 3.93. The summed E-state index contributed by atoms with van der Waals surface area (Å²) < 4.78 is 0. The first-order valence-corrected chi connectivity index (χ1v) is 7.98. The average molecular weight is 317 g/mol. The van der Waals surface area contributed by atoms with Crippen LogP contribution in [0.1, 0.15) is 0 Å². The third kappa shape index (κ3) is 2.04.